The van der Waals surface area contributed by atoms with Crippen molar-refractivity contribution >= 4 is 16.7 Å². The van der Waals surface area contributed by atoms with E-state index in [9.17, 15) is 4.79 Å². The first-order chi connectivity index (χ1) is 11.1. The molecule has 0 aliphatic carbocycles. The van der Waals surface area contributed by atoms with Crippen molar-refractivity contribution in [3.05, 3.63) is 48.0 Å². The normalized spacial score (nSPS) is 22.7. The Bertz CT molecular complexity index is 672. The third-order valence-corrected chi connectivity index (χ3v) is 4.89. The molecule has 3 rings (SSSR count). The molecule has 1 aliphatic heterocycles. The van der Waals surface area contributed by atoms with Crippen LogP contribution in [0.1, 0.15) is 18.5 Å². The molecule has 122 valence electrons. The van der Waals surface area contributed by atoms with Crippen LogP contribution in [0.5, 0.6) is 0 Å². The fraction of sp³-hybridized carbons (Fsp3) is 0.421. The van der Waals surface area contributed by atoms with Gasteiger partial charge in [0.1, 0.15) is 26.2 Å². The van der Waals surface area contributed by atoms with Gasteiger partial charge in [0, 0.05) is 0 Å². The van der Waals surface area contributed by atoms with Crippen molar-refractivity contribution in [3.63, 3.8) is 0 Å². The van der Waals surface area contributed by atoms with Crippen molar-refractivity contribution in [2.75, 3.05) is 39.8 Å². The van der Waals surface area contributed by atoms with Crippen LogP contribution in [0, 0.1) is 0 Å². The number of likely N-dealkylation sites (N-methyl/N-ethyl adjacent to an activating group) is 1. The molecule has 1 heterocycles. The summed E-state index contributed by atoms with van der Waals surface area (Å²) in [6.45, 7) is 7.14. The molecule has 3 N–H and O–H groups in total. The lowest BCUT2D eigenvalue weighted by Gasteiger charge is -2.27. The average Bonchev–Trinajstić information content (AvgIpc) is 2.56. The van der Waals surface area contributed by atoms with E-state index in [4.69, 9.17) is 0 Å². The van der Waals surface area contributed by atoms with Crippen LogP contribution in [0.25, 0.3) is 10.8 Å². The van der Waals surface area contributed by atoms with Crippen molar-refractivity contribution in [1.82, 2.24) is 5.32 Å². The van der Waals surface area contributed by atoms with Gasteiger partial charge < -0.3 is 15.1 Å². The number of benzene rings is 2. The number of hydrogen-bond acceptors (Lipinski definition) is 1. The first kappa shape index (κ1) is 16.0. The summed E-state index contributed by atoms with van der Waals surface area (Å²) in [4.78, 5) is 15.3. The van der Waals surface area contributed by atoms with E-state index in [-0.39, 0.29) is 11.9 Å². The number of rotatable bonds is 4. The minimum absolute atomic E-state index is 0.0334. The zero-order valence-corrected chi connectivity index (χ0v) is 14.1. The molecular weight excluding hydrogens is 286 g/mol. The van der Waals surface area contributed by atoms with Gasteiger partial charge in [-0.1, -0.05) is 42.5 Å². The SMILES string of the molecule is C[C@@H](NC(=O)C[NH+]1CC[NH+](C)CC1)c1cccc2ccccc12. The van der Waals surface area contributed by atoms with Crippen molar-refractivity contribution in [1.29, 1.82) is 0 Å². The van der Waals surface area contributed by atoms with Crippen molar-refractivity contribution < 1.29 is 14.6 Å². The Morgan fingerprint density at radius 2 is 1.78 bits per heavy atom. The summed E-state index contributed by atoms with van der Waals surface area (Å²) in [5.74, 6) is 0.153. The molecule has 1 atom stereocenters. The van der Waals surface area contributed by atoms with E-state index < -0.39 is 0 Å². The highest BCUT2D eigenvalue weighted by Gasteiger charge is 2.23. The summed E-state index contributed by atoms with van der Waals surface area (Å²) in [7, 11) is 2.22. The van der Waals surface area contributed by atoms with Gasteiger partial charge in [-0.2, -0.15) is 0 Å². The van der Waals surface area contributed by atoms with Crippen LogP contribution in [0.3, 0.4) is 0 Å². The van der Waals surface area contributed by atoms with Gasteiger partial charge in [0.2, 0.25) is 0 Å². The smallest absolute Gasteiger partial charge is 0.275 e. The molecule has 1 fully saturated rings. The van der Waals surface area contributed by atoms with E-state index in [1.165, 1.54) is 21.2 Å². The highest BCUT2D eigenvalue weighted by atomic mass is 16.2. The molecule has 0 bridgehead atoms. The molecule has 1 saturated heterocycles. The Labute approximate surface area is 138 Å². The van der Waals surface area contributed by atoms with Gasteiger partial charge in [-0.15, -0.1) is 0 Å². The molecular formula is C19H27N3O+2. The second-order valence-corrected chi connectivity index (χ2v) is 6.74. The predicted molar refractivity (Wildman–Crippen MR) is 92.7 cm³/mol. The van der Waals surface area contributed by atoms with Crippen molar-refractivity contribution in [2.24, 2.45) is 0 Å². The second kappa shape index (κ2) is 7.11. The molecule has 1 amide bonds. The third kappa shape index (κ3) is 3.89. The topological polar surface area (TPSA) is 38.0 Å². The van der Waals surface area contributed by atoms with E-state index >= 15 is 0 Å². The largest absolute Gasteiger partial charge is 0.345 e. The first-order valence-electron chi connectivity index (χ1n) is 8.55. The summed E-state index contributed by atoms with van der Waals surface area (Å²) >= 11 is 0. The molecule has 0 aromatic heterocycles. The van der Waals surface area contributed by atoms with E-state index in [2.05, 4.69) is 55.7 Å². The van der Waals surface area contributed by atoms with E-state index in [1.807, 2.05) is 6.07 Å². The maximum absolute atomic E-state index is 12.4. The quantitative estimate of drug-likeness (QED) is 0.695. The number of fused-ring (bicyclic) bond motifs is 1. The fourth-order valence-electron chi connectivity index (χ4n) is 3.43. The summed E-state index contributed by atoms with van der Waals surface area (Å²) < 4.78 is 0. The molecule has 4 heteroatoms. The van der Waals surface area contributed by atoms with Crippen LogP contribution in [0.4, 0.5) is 0 Å². The lowest BCUT2D eigenvalue weighted by molar-refractivity contribution is -1.000. The van der Waals surface area contributed by atoms with Gasteiger partial charge in [-0.25, -0.2) is 0 Å². The van der Waals surface area contributed by atoms with Crippen LogP contribution in [0.15, 0.2) is 42.5 Å². The van der Waals surface area contributed by atoms with Crippen LogP contribution in [-0.4, -0.2) is 45.7 Å². The van der Waals surface area contributed by atoms with Crippen LogP contribution >= 0.6 is 0 Å². The molecule has 0 radical (unpaired) electrons. The Morgan fingerprint density at radius 3 is 2.57 bits per heavy atom. The molecule has 2 aromatic rings. The predicted octanol–water partition coefficient (Wildman–Crippen LogP) is -0.570. The van der Waals surface area contributed by atoms with Crippen LogP contribution in [-0.2, 0) is 4.79 Å². The number of quaternary nitrogens is 2. The number of hydrogen-bond donors (Lipinski definition) is 3. The monoisotopic (exact) mass is 313 g/mol. The number of piperazine rings is 1. The van der Waals surface area contributed by atoms with Crippen molar-refractivity contribution in [3.8, 4) is 0 Å². The Hall–Kier alpha value is -1.91. The summed E-state index contributed by atoms with van der Waals surface area (Å²) in [6, 6.07) is 14.7. The molecule has 0 spiro atoms. The van der Waals surface area contributed by atoms with Crippen LogP contribution in [0.2, 0.25) is 0 Å². The number of carbonyl (C=O) groups excluding carboxylic acids is 1. The van der Waals surface area contributed by atoms with E-state index in [0.717, 1.165) is 26.2 Å². The lowest BCUT2D eigenvalue weighted by atomic mass is 10.00. The second-order valence-electron chi connectivity index (χ2n) is 6.74. The van der Waals surface area contributed by atoms with Crippen LogP contribution < -0.4 is 15.1 Å². The highest BCUT2D eigenvalue weighted by Crippen LogP contribution is 2.23. The number of amides is 1. The lowest BCUT2D eigenvalue weighted by Crippen LogP contribution is -3.27. The Kier molecular flexibility index (Phi) is 4.94. The maximum Gasteiger partial charge on any atom is 0.275 e. The van der Waals surface area contributed by atoms with Gasteiger partial charge in [0.15, 0.2) is 6.54 Å². The molecule has 0 saturated carbocycles. The van der Waals surface area contributed by atoms with Gasteiger partial charge >= 0.3 is 0 Å². The highest BCUT2D eigenvalue weighted by molar-refractivity contribution is 5.87. The Balaban J connectivity index is 1.64. The zero-order valence-electron chi connectivity index (χ0n) is 14.1. The third-order valence-electron chi connectivity index (χ3n) is 4.89. The molecule has 0 unspecified atom stereocenters. The van der Waals surface area contributed by atoms with Crippen molar-refractivity contribution in [2.45, 2.75) is 13.0 Å². The minimum atomic E-state index is 0.0334. The number of carbonyl (C=O) groups is 1. The molecule has 4 nitrogen and oxygen atoms in total. The summed E-state index contributed by atoms with van der Waals surface area (Å²) in [5, 5.41) is 5.62. The van der Waals surface area contributed by atoms with Gasteiger partial charge in [0.25, 0.3) is 5.91 Å². The molecule has 1 aliphatic rings. The summed E-state index contributed by atoms with van der Waals surface area (Å²) in [5.41, 5.74) is 1.19. The first-order valence-corrected chi connectivity index (χ1v) is 8.55. The van der Waals surface area contributed by atoms with Gasteiger partial charge in [-0.05, 0) is 23.3 Å². The minimum Gasteiger partial charge on any atom is -0.345 e. The molecule has 2 aromatic carbocycles. The Morgan fingerprint density at radius 1 is 1.09 bits per heavy atom. The average molecular weight is 313 g/mol. The zero-order chi connectivity index (χ0) is 16.2. The number of nitrogens with one attached hydrogen (secondary N) is 3. The standard InChI is InChI=1S/C19H25N3O/c1-15(17-9-5-7-16-6-3-4-8-18(16)17)20-19(23)14-22-12-10-21(2)11-13-22/h3-9,15H,10-14H2,1-2H3,(H,20,23)/p+2/t15-/m1/s1. The molecule has 23 heavy (non-hydrogen) atoms. The summed E-state index contributed by atoms with van der Waals surface area (Å²) in [6.07, 6.45) is 0. The van der Waals surface area contributed by atoms with Gasteiger partial charge in [0.05, 0.1) is 13.1 Å². The van der Waals surface area contributed by atoms with Gasteiger partial charge in [-0.3, -0.25) is 4.79 Å². The van der Waals surface area contributed by atoms with E-state index in [0.29, 0.717) is 6.54 Å². The maximum atomic E-state index is 12.4. The van der Waals surface area contributed by atoms with E-state index in [1.54, 1.807) is 4.90 Å². The fourth-order valence-corrected chi connectivity index (χ4v) is 3.43.